The second-order valence-electron chi connectivity index (χ2n) is 6.59. The minimum atomic E-state index is -0.555. The summed E-state index contributed by atoms with van der Waals surface area (Å²) in [6, 6.07) is 15.1. The minimum Gasteiger partial charge on any atom is -0.483 e. The molecule has 7 heteroatoms. The molecule has 1 aliphatic heterocycles. The first-order valence-electron chi connectivity index (χ1n) is 9.35. The van der Waals surface area contributed by atoms with Crippen molar-refractivity contribution in [2.24, 2.45) is 10.7 Å². The van der Waals surface area contributed by atoms with E-state index in [9.17, 15) is 9.59 Å². The number of nitrogens with zero attached hydrogens (tertiary/aromatic N) is 2. The van der Waals surface area contributed by atoms with Gasteiger partial charge < -0.3 is 10.5 Å². The number of ether oxygens (including phenoxy) is 1. The molecule has 150 valence electrons. The van der Waals surface area contributed by atoms with Gasteiger partial charge in [0.2, 0.25) is 0 Å². The zero-order valence-electron chi connectivity index (χ0n) is 16.4. The Kier molecular flexibility index (Phi) is 6.72. The van der Waals surface area contributed by atoms with E-state index >= 15 is 0 Å². The molecule has 0 spiro atoms. The number of nitrogens with two attached hydrogens (primary N) is 1. The Labute approximate surface area is 174 Å². The van der Waals surface area contributed by atoms with Crippen LogP contribution >= 0.6 is 11.8 Å². The quantitative estimate of drug-likeness (QED) is 0.704. The number of para-hydroxylation sites is 1. The van der Waals surface area contributed by atoms with Crippen molar-refractivity contribution in [1.82, 2.24) is 4.90 Å². The van der Waals surface area contributed by atoms with E-state index < -0.39 is 5.91 Å². The lowest BCUT2D eigenvalue weighted by Gasteiger charge is -2.14. The summed E-state index contributed by atoms with van der Waals surface area (Å²) in [6.45, 7) is 4.42. The molecule has 29 heavy (non-hydrogen) atoms. The second-order valence-corrected chi connectivity index (χ2v) is 7.60. The average molecular weight is 410 g/mol. The fourth-order valence-electron chi connectivity index (χ4n) is 2.76. The smallest absolute Gasteiger partial charge is 0.266 e. The average Bonchev–Trinajstić information content (AvgIpc) is 2.98. The zero-order chi connectivity index (χ0) is 20.8. The Morgan fingerprint density at radius 3 is 2.62 bits per heavy atom. The molecule has 2 aromatic carbocycles. The summed E-state index contributed by atoms with van der Waals surface area (Å²) in [5.41, 5.74) is 7.83. The van der Waals surface area contributed by atoms with E-state index in [0.29, 0.717) is 27.9 Å². The maximum absolute atomic E-state index is 13.0. The maximum atomic E-state index is 13.0. The molecule has 3 rings (SSSR count). The van der Waals surface area contributed by atoms with E-state index in [1.165, 1.54) is 11.8 Å². The summed E-state index contributed by atoms with van der Waals surface area (Å²) in [6.07, 6.45) is 2.59. The number of amidine groups is 1. The van der Waals surface area contributed by atoms with Crippen molar-refractivity contribution in [2.75, 3.05) is 13.2 Å². The molecular formula is C22H23N3O3S. The predicted molar refractivity (Wildman–Crippen MR) is 117 cm³/mol. The molecule has 0 bridgehead atoms. The highest BCUT2D eigenvalue weighted by molar-refractivity contribution is 8.18. The lowest BCUT2D eigenvalue weighted by Crippen LogP contribution is -2.29. The third-order valence-electron chi connectivity index (χ3n) is 4.17. The van der Waals surface area contributed by atoms with Gasteiger partial charge in [0.25, 0.3) is 11.8 Å². The first kappa shape index (κ1) is 20.7. The summed E-state index contributed by atoms with van der Waals surface area (Å²) in [4.78, 5) is 30.9. The number of amides is 2. The molecule has 1 fully saturated rings. The van der Waals surface area contributed by atoms with Crippen LogP contribution in [0.2, 0.25) is 0 Å². The normalized spacial score (nSPS) is 16.6. The van der Waals surface area contributed by atoms with Gasteiger partial charge in [-0.25, -0.2) is 4.99 Å². The highest BCUT2D eigenvalue weighted by atomic mass is 32.2. The first-order valence-corrected chi connectivity index (χ1v) is 10.2. The molecule has 2 N–H and O–H groups in total. The van der Waals surface area contributed by atoms with E-state index in [-0.39, 0.29) is 12.5 Å². The Hall–Kier alpha value is -3.06. The Morgan fingerprint density at radius 2 is 1.93 bits per heavy atom. The van der Waals surface area contributed by atoms with Crippen LogP contribution in [-0.4, -0.2) is 35.0 Å². The Morgan fingerprint density at radius 1 is 1.21 bits per heavy atom. The fourth-order valence-corrected chi connectivity index (χ4v) is 3.78. The van der Waals surface area contributed by atoms with Gasteiger partial charge in [-0.15, -0.1) is 0 Å². The number of hydrogen-bond donors (Lipinski definition) is 1. The van der Waals surface area contributed by atoms with Crippen molar-refractivity contribution in [1.29, 1.82) is 0 Å². The summed E-state index contributed by atoms with van der Waals surface area (Å²) >= 11 is 1.33. The van der Waals surface area contributed by atoms with Gasteiger partial charge in [0.05, 0.1) is 10.6 Å². The number of aliphatic imine (C=N–C) groups is 1. The molecule has 1 aliphatic rings. The van der Waals surface area contributed by atoms with Gasteiger partial charge in [-0.05, 0) is 49.4 Å². The summed E-state index contributed by atoms with van der Waals surface area (Å²) in [7, 11) is 0. The lowest BCUT2D eigenvalue weighted by molar-refractivity contribution is -0.122. The largest absolute Gasteiger partial charge is 0.483 e. The third-order valence-corrected chi connectivity index (χ3v) is 5.18. The summed E-state index contributed by atoms with van der Waals surface area (Å²) < 4.78 is 5.47. The van der Waals surface area contributed by atoms with Gasteiger partial charge in [0.1, 0.15) is 5.75 Å². The number of hydrogen-bond acceptors (Lipinski definition) is 5. The van der Waals surface area contributed by atoms with Crippen molar-refractivity contribution in [2.45, 2.75) is 20.3 Å². The van der Waals surface area contributed by atoms with Crippen LogP contribution in [-0.2, 0) is 9.59 Å². The molecule has 0 radical (unpaired) electrons. The SMILES string of the molecule is CCCN1C(=O)/C(=C\c2ccccc2OCC(N)=O)SC1=Nc1ccc(C)cc1. The van der Waals surface area contributed by atoms with Gasteiger partial charge in [-0.2, -0.15) is 0 Å². The molecule has 0 atom stereocenters. The topological polar surface area (TPSA) is 85.0 Å². The molecule has 0 unspecified atom stereocenters. The summed E-state index contributed by atoms with van der Waals surface area (Å²) in [5.74, 6) is -0.147. The molecule has 2 aromatic rings. The Bertz CT molecular complexity index is 968. The first-order chi connectivity index (χ1) is 14.0. The van der Waals surface area contributed by atoms with E-state index in [2.05, 4.69) is 4.99 Å². The minimum absolute atomic E-state index is 0.0904. The van der Waals surface area contributed by atoms with Crippen LogP contribution in [0, 0.1) is 6.92 Å². The van der Waals surface area contributed by atoms with Crippen molar-refractivity contribution in [3.63, 3.8) is 0 Å². The number of aryl methyl sites for hydroxylation is 1. The molecule has 0 aliphatic carbocycles. The number of carbonyl (C=O) groups is 2. The van der Waals surface area contributed by atoms with E-state index in [4.69, 9.17) is 10.5 Å². The standard InChI is InChI=1S/C22H23N3O3S/c1-3-12-25-21(27)19(29-22(25)24-17-10-8-15(2)9-11-17)13-16-6-4-5-7-18(16)28-14-20(23)26/h4-11,13H,3,12,14H2,1-2H3,(H2,23,26)/b19-13+,24-22?. The van der Waals surface area contributed by atoms with Crippen molar-refractivity contribution < 1.29 is 14.3 Å². The van der Waals surface area contributed by atoms with Crippen LogP contribution in [0.1, 0.15) is 24.5 Å². The number of rotatable bonds is 7. The monoisotopic (exact) mass is 409 g/mol. The molecule has 2 amide bonds. The number of primary amides is 1. The van der Waals surface area contributed by atoms with Crippen LogP contribution in [0.3, 0.4) is 0 Å². The molecule has 0 saturated carbocycles. The number of carbonyl (C=O) groups excluding carboxylic acids is 2. The van der Waals surface area contributed by atoms with Crippen LogP contribution in [0.25, 0.3) is 6.08 Å². The van der Waals surface area contributed by atoms with Gasteiger partial charge >= 0.3 is 0 Å². The fraction of sp³-hybridized carbons (Fsp3) is 0.227. The lowest BCUT2D eigenvalue weighted by atomic mass is 10.2. The zero-order valence-corrected chi connectivity index (χ0v) is 17.2. The van der Waals surface area contributed by atoms with Crippen molar-refractivity contribution in [3.8, 4) is 5.75 Å². The van der Waals surface area contributed by atoms with Crippen LogP contribution in [0.15, 0.2) is 58.4 Å². The van der Waals surface area contributed by atoms with E-state index in [1.807, 2.05) is 50.2 Å². The molecule has 0 aromatic heterocycles. The van der Waals surface area contributed by atoms with E-state index in [1.54, 1.807) is 23.1 Å². The number of thioether (sulfide) groups is 1. The van der Waals surface area contributed by atoms with Gasteiger partial charge in [-0.3, -0.25) is 14.5 Å². The highest BCUT2D eigenvalue weighted by Gasteiger charge is 2.33. The van der Waals surface area contributed by atoms with Crippen molar-refractivity contribution in [3.05, 3.63) is 64.6 Å². The molecule has 1 heterocycles. The van der Waals surface area contributed by atoms with Crippen molar-refractivity contribution >= 4 is 40.5 Å². The van der Waals surface area contributed by atoms with Crippen LogP contribution in [0.4, 0.5) is 5.69 Å². The predicted octanol–water partition coefficient (Wildman–Crippen LogP) is 3.87. The second kappa shape index (κ2) is 9.43. The maximum Gasteiger partial charge on any atom is 0.266 e. The Balaban J connectivity index is 1.92. The van der Waals surface area contributed by atoms with Gasteiger partial charge in [0.15, 0.2) is 11.8 Å². The van der Waals surface area contributed by atoms with Gasteiger partial charge in [-0.1, -0.05) is 42.8 Å². The number of benzene rings is 2. The highest BCUT2D eigenvalue weighted by Crippen LogP contribution is 2.35. The molecule has 6 nitrogen and oxygen atoms in total. The van der Waals surface area contributed by atoms with E-state index in [0.717, 1.165) is 17.7 Å². The van der Waals surface area contributed by atoms with Gasteiger partial charge in [0, 0.05) is 12.1 Å². The van der Waals surface area contributed by atoms with Crippen LogP contribution < -0.4 is 10.5 Å². The third kappa shape index (κ3) is 5.26. The molecular weight excluding hydrogens is 386 g/mol. The van der Waals surface area contributed by atoms with Crippen LogP contribution in [0.5, 0.6) is 5.75 Å². The summed E-state index contributed by atoms with van der Waals surface area (Å²) in [5, 5.41) is 0.655. The molecule has 1 saturated heterocycles.